The first-order valence-electron chi connectivity index (χ1n) is 7.65. The molecule has 0 spiro atoms. The van der Waals surface area contributed by atoms with Crippen LogP contribution in [0.2, 0.25) is 0 Å². The van der Waals surface area contributed by atoms with E-state index in [0.717, 1.165) is 23.6 Å². The molecule has 0 aliphatic carbocycles. The topological polar surface area (TPSA) is 69.5 Å². The van der Waals surface area contributed by atoms with Crippen LogP contribution in [0.25, 0.3) is 0 Å². The van der Waals surface area contributed by atoms with Crippen molar-refractivity contribution in [1.82, 2.24) is 9.27 Å². The zero-order valence-corrected chi connectivity index (χ0v) is 14.4. The minimum atomic E-state index is -0.00234. The molecular formula is C17H18N4O2S. The van der Waals surface area contributed by atoms with Gasteiger partial charge in [-0.05, 0) is 36.2 Å². The molecule has 1 unspecified atom stereocenters. The number of nitrogens with zero attached hydrogens (tertiary/aromatic N) is 4. The first-order valence-corrected chi connectivity index (χ1v) is 8.42. The maximum Gasteiger partial charge on any atom is 0.265 e. The van der Waals surface area contributed by atoms with Gasteiger partial charge in [0.15, 0.2) is 0 Å². The van der Waals surface area contributed by atoms with Crippen molar-refractivity contribution in [3.63, 3.8) is 0 Å². The van der Waals surface area contributed by atoms with Gasteiger partial charge in [-0.1, -0.05) is 6.07 Å². The number of carbonyl (C=O) groups is 1. The van der Waals surface area contributed by atoms with E-state index in [1.54, 1.807) is 19.2 Å². The summed E-state index contributed by atoms with van der Waals surface area (Å²) in [5, 5.41) is 9.04. The SMILES string of the molecule is COc1cc(C(=O)N2CCC(N(C)c3cccc(C#N)c3)C2)sn1. The van der Waals surface area contributed by atoms with Gasteiger partial charge in [-0.3, -0.25) is 4.79 Å². The van der Waals surface area contributed by atoms with Crippen molar-refractivity contribution in [1.29, 1.82) is 5.26 Å². The van der Waals surface area contributed by atoms with Crippen LogP contribution >= 0.6 is 11.5 Å². The number of ether oxygens (including phenoxy) is 1. The summed E-state index contributed by atoms with van der Waals surface area (Å²) >= 11 is 1.16. The Balaban J connectivity index is 1.68. The minimum Gasteiger partial charge on any atom is -0.480 e. The van der Waals surface area contributed by atoms with Gasteiger partial charge in [0.2, 0.25) is 5.88 Å². The number of hydrogen-bond acceptors (Lipinski definition) is 6. The fourth-order valence-electron chi connectivity index (χ4n) is 2.86. The predicted octanol–water partition coefficient (Wildman–Crippen LogP) is 2.37. The van der Waals surface area contributed by atoms with E-state index in [-0.39, 0.29) is 11.9 Å². The van der Waals surface area contributed by atoms with Crippen LogP contribution in [0.3, 0.4) is 0 Å². The smallest absolute Gasteiger partial charge is 0.265 e. The van der Waals surface area contributed by atoms with Gasteiger partial charge in [-0.15, -0.1) is 0 Å². The molecule has 1 atom stereocenters. The lowest BCUT2D eigenvalue weighted by molar-refractivity contribution is 0.0795. The van der Waals surface area contributed by atoms with Crippen LogP contribution < -0.4 is 9.64 Å². The number of methoxy groups -OCH3 is 1. The third-order valence-electron chi connectivity index (χ3n) is 4.29. The third-order valence-corrected chi connectivity index (χ3v) is 5.05. The van der Waals surface area contributed by atoms with Gasteiger partial charge in [0, 0.05) is 37.9 Å². The molecule has 1 fully saturated rings. The first-order chi connectivity index (χ1) is 11.6. The molecule has 0 N–H and O–H groups in total. The van der Waals surface area contributed by atoms with Crippen molar-refractivity contribution in [3.05, 3.63) is 40.8 Å². The minimum absolute atomic E-state index is 0.00234. The number of aromatic nitrogens is 1. The van der Waals surface area contributed by atoms with E-state index in [1.807, 2.05) is 30.1 Å². The molecule has 124 valence electrons. The molecular weight excluding hydrogens is 324 g/mol. The van der Waals surface area contributed by atoms with Crippen molar-refractivity contribution in [3.8, 4) is 11.9 Å². The predicted molar refractivity (Wildman–Crippen MR) is 92.5 cm³/mol. The van der Waals surface area contributed by atoms with Crippen LogP contribution in [0.4, 0.5) is 5.69 Å². The summed E-state index contributed by atoms with van der Waals surface area (Å²) in [5.41, 5.74) is 1.63. The van der Waals surface area contributed by atoms with Crippen LogP contribution in [-0.2, 0) is 0 Å². The zero-order chi connectivity index (χ0) is 17.1. The maximum atomic E-state index is 12.6. The molecule has 2 heterocycles. The Morgan fingerprint density at radius 1 is 1.50 bits per heavy atom. The highest BCUT2D eigenvalue weighted by atomic mass is 32.1. The highest BCUT2D eigenvalue weighted by molar-refractivity contribution is 7.08. The number of amides is 1. The number of likely N-dealkylation sites (tertiary alicyclic amines) is 1. The number of nitriles is 1. The second-order valence-corrected chi connectivity index (χ2v) is 6.51. The largest absolute Gasteiger partial charge is 0.480 e. The Morgan fingerprint density at radius 3 is 3.04 bits per heavy atom. The van der Waals surface area contributed by atoms with E-state index in [4.69, 9.17) is 10.00 Å². The molecule has 3 rings (SSSR count). The molecule has 1 saturated heterocycles. The molecule has 1 aliphatic rings. The fraction of sp³-hybridized carbons (Fsp3) is 0.353. The number of rotatable bonds is 4. The zero-order valence-electron chi connectivity index (χ0n) is 13.6. The average molecular weight is 342 g/mol. The molecule has 24 heavy (non-hydrogen) atoms. The molecule has 0 saturated carbocycles. The second-order valence-electron chi connectivity index (χ2n) is 5.70. The number of carbonyl (C=O) groups excluding carboxylic acids is 1. The Hall–Kier alpha value is -2.59. The van der Waals surface area contributed by atoms with E-state index >= 15 is 0 Å². The molecule has 1 amide bonds. The lowest BCUT2D eigenvalue weighted by Crippen LogP contribution is -2.36. The van der Waals surface area contributed by atoms with E-state index in [2.05, 4.69) is 15.3 Å². The summed E-state index contributed by atoms with van der Waals surface area (Å²) < 4.78 is 9.12. The maximum absolute atomic E-state index is 12.6. The van der Waals surface area contributed by atoms with Crippen molar-refractivity contribution in [2.24, 2.45) is 0 Å². The summed E-state index contributed by atoms with van der Waals surface area (Å²) in [6.45, 7) is 1.37. The number of likely N-dealkylation sites (N-methyl/N-ethyl adjacent to an activating group) is 1. The van der Waals surface area contributed by atoms with Crippen LogP contribution in [0.5, 0.6) is 5.88 Å². The average Bonchev–Trinajstić information content (AvgIpc) is 3.30. The highest BCUT2D eigenvalue weighted by Gasteiger charge is 2.30. The van der Waals surface area contributed by atoms with Gasteiger partial charge < -0.3 is 14.5 Å². The Morgan fingerprint density at radius 2 is 2.33 bits per heavy atom. The number of anilines is 1. The van der Waals surface area contributed by atoms with E-state index in [9.17, 15) is 4.79 Å². The Kier molecular flexibility index (Phi) is 4.67. The second kappa shape index (κ2) is 6.89. The summed E-state index contributed by atoms with van der Waals surface area (Å²) in [7, 11) is 3.55. The standard InChI is InChI=1S/C17H18N4O2S/c1-20(13-5-3-4-12(8-13)10-18)14-6-7-21(11-14)17(22)15-9-16(23-2)19-24-15/h3-5,8-9,14H,6-7,11H2,1-2H3. The Bertz CT molecular complexity index is 783. The van der Waals surface area contributed by atoms with Crippen molar-refractivity contribution in [2.45, 2.75) is 12.5 Å². The third kappa shape index (κ3) is 3.19. The van der Waals surface area contributed by atoms with Crippen LogP contribution in [0, 0.1) is 11.3 Å². The molecule has 0 radical (unpaired) electrons. The van der Waals surface area contributed by atoms with Gasteiger partial charge in [-0.2, -0.15) is 9.64 Å². The molecule has 6 nitrogen and oxygen atoms in total. The van der Waals surface area contributed by atoms with Gasteiger partial charge in [0.05, 0.1) is 18.7 Å². The molecule has 0 bridgehead atoms. The van der Waals surface area contributed by atoms with Crippen molar-refractivity contribution >= 4 is 23.1 Å². The van der Waals surface area contributed by atoms with Crippen LogP contribution in [0.15, 0.2) is 30.3 Å². The van der Waals surface area contributed by atoms with Crippen molar-refractivity contribution < 1.29 is 9.53 Å². The molecule has 1 aromatic heterocycles. The monoisotopic (exact) mass is 342 g/mol. The van der Waals surface area contributed by atoms with E-state index in [1.165, 1.54) is 0 Å². The van der Waals surface area contributed by atoms with Gasteiger partial charge in [0.25, 0.3) is 5.91 Å². The molecule has 2 aromatic rings. The van der Waals surface area contributed by atoms with Gasteiger partial charge in [0.1, 0.15) is 4.88 Å². The van der Waals surface area contributed by atoms with E-state index in [0.29, 0.717) is 29.4 Å². The lowest BCUT2D eigenvalue weighted by Gasteiger charge is -2.27. The number of hydrogen-bond donors (Lipinski definition) is 0. The molecule has 1 aliphatic heterocycles. The summed E-state index contributed by atoms with van der Waals surface area (Å²) in [6.07, 6.45) is 0.898. The normalized spacial score (nSPS) is 16.7. The highest BCUT2D eigenvalue weighted by Crippen LogP contribution is 2.25. The van der Waals surface area contributed by atoms with Gasteiger partial charge in [-0.25, -0.2) is 0 Å². The molecule has 1 aromatic carbocycles. The summed E-state index contributed by atoms with van der Waals surface area (Å²) in [5.74, 6) is 0.474. The van der Waals surface area contributed by atoms with Crippen molar-refractivity contribution in [2.75, 3.05) is 32.1 Å². The van der Waals surface area contributed by atoms with Gasteiger partial charge >= 0.3 is 0 Å². The van der Waals surface area contributed by atoms with E-state index < -0.39 is 0 Å². The van der Waals surface area contributed by atoms with Crippen LogP contribution in [0.1, 0.15) is 21.7 Å². The molecule has 7 heteroatoms. The fourth-order valence-corrected chi connectivity index (χ4v) is 3.54. The summed E-state index contributed by atoms with van der Waals surface area (Å²) in [6, 6.07) is 11.6. The van der Waals surface area contributed by atoms with Crippen LogP contribution in [-0.4, -0.2) is 48.5 Å². The Labute approximate surface area is 145 Å². The first kappa shape index (κ1) is 16.3. The lowest BCUT2D eigenvalue weighted by atomic mass is 10.1. The number of benzene rings is 1. The quantitative estimate of drug-likeness (QED) is 0.853. The summed E-state index contributed by atoms with van der Waals surface area (Å²) in [4.78, 5) is 17.1.